The maximum atomic E-state index is 12.6. The smallest absolute Gasteiger partial charge is 0.416 e. The van der Waals surface area contributed by atoms with Crippen LogP contribution in [0.5, 0.6) is 0 Å². The van der Waals surface area contributed by atoms with Gasteiger partial charge in [-0.1, -0.05) is 12.1 Å². The first kappa shape index (κ1) is 22.7. The third kappa shape index (κ3) is 6.76. The average Bonchev–Trinajstić information content (AvgIpc) is 2.64. The van der Waals surface area contributed by atoms with Gasteiger partial charge in [-0.15, -0.1) is 0 Å². The number of piperidine rings is 1. The third-order valence-corrected chi connectivity index (χ3v) is 4.36. The first-order valence-electron chi connectivity index (χ1n) is 9.22. The Morgan fingerprint density at radius 1 is 1.03 bits per heavy atom. The maximum Gasteiger partial charge on any atom is 0.416 e. The topological polar surface area (TPSA) is 72.9 Å². The van der Waals surface area contributed by atoms with Crippen molar-refractivity contribution in [3.8, 4) is 0 Å². The van der Waals surface area contributed by atoms with Crippen molar-refractivity contribution in [3.05, 3.63) is 35.4 Å². The summed E-state index contributed by atoms with van der Waals surface area (Å²) in [6, 6.07) is 3.72. The Morgan fingerprint density at radius 2 is 1.59 bits per heavy atom. The van der Waals surface area contributed by atoms with Crippen LogP contribution in [-0.4, -0.2) is 48.0 Å². The lowest BCUT2D eigenvalue weighted by Crippen LogP contribution is -2.43. The van der Waals surface area contributed by atoms with Gasteiger partial charge < -0.3 is 14.4 Å². The van der Waals surface area contributed by atoms with Gasteiger partial charge in [-0.25, -0.2) is 4.79 Å². The predicted octanol–water partition coefficient (Wildman–Crippen LogP) is 4.08. The van der Waals surface area contributed by atoms with Crippen molar-refractivity contribution in [2.24, 2.45) is 5.92 Å². The maximum absolute atomic E-state index is 12.6. The van der Waals surface area contributed by atoms with Crippen LogP contribution in [0.3, 0.4) is 0 Å². The Morgan fingerprint density at radius 3 is 2.07 bits per heavy atom. The fourth-order valence-corrected chi connectivity index (χ4v) is 2.81. The number of hydrogen-bond donors (Lipinski definition) is 0. The highest BCUT2D eigenvalue weighted by molar-refractivity contribution is 5.98. The van der Waals surface area contributed by atoms with Crippen molar-refractivity contribution in [1.82, 2.24) is 4.90 Å². The van der Waals surface area contributed by atoms with E-state index < -0.39 is 47.7 Å². The number of rotatable bonds is 4. The highest BCUT2D eigenvalue weighted by Crippen LogP contribution is 2.29. The van der Waals surface area contributed by atoms with Crippen LogP contribution >= 0.6 is 0 Å². The van der Waals surface area contributed by atoms with E-state index in [1.807, 2.05) is 0 Å². The molecule has 0 spiro atoms. The van der Waals surface area contributed by atoms with Crippen molar-refractivity contribution in [2.75, 3.05) is 19.7 Å². The normalized spacial score (nSPS) is 15.7. The molecule has 1 aliphatic rings. The number of halogens is 3. The first-order valence-corrected chi connectivity index (χ1v) is 9.22. The summed E-state index contributed by atoms with van der Waals surface area (Å²) in [6.45, 7) is 5.42. The van der Waals surface area contributed by atoms with E-state index in [0.29, 0.717) is 25.9 Å². The van der Waals surface area contributed by atoms with Gasteiger partial charge in [0.1, 0.15) is 5.60 Å². The molecule has 1 aromatic rings. The molecule has 6 nitrogen and oxygen atoms in total. The molecule has 1 saturated heterocycles. The van der Waals surface area contributed by atoms with Crippen LogP contribution in [0.4, 0.5) is 18.0 Å². The van der Waals surface area contributed by atoms with Gasteiger partial charge in [0.25, 0.3) is 0 Å². The van der Waals surface area contributed by atoms with E-state index in [0.717, 1.165) is 24.3 Å². The van der Waals surface area contributed by atoms with E-state index in [2.05, 4.69) is 0 Å². The molecule has 0 aromatic heterocycles. The number of likely N-dealkylation sites (tertiary alicyclic amines) is 1. The number of nitrogens with zero attached hydrogens (tertiary/aromatic N) is 1. The fraction of sp³-hybridized carbons (Fsp3) is 0.550. The summed E-state index contributed by atoms with van der Waals surface area (Å²) in [4.78, 5) is 37.7. The zero-order valence-electron chi connectivity index (χ0n) is 16.5. The summed E-state index contributed by atoms with van der Waals surface area (Å²) in [6.07, 6.45) is -4.16. The standard InChI is InChI=1S/C20H24F3NO5/c1-19(2,3)29-18(27)24-10-8-14(9-11-24)17(26)28-12-16(25)13-4-6-15(7-5-13)20(21,22)23/h4-7,14H,8-12H2,1-3H3. The molecular weight excluding hydrogens is 391 g/mol. The summed E-state index contributed by atoms with van der Waals surface area (Å²) in [5.74, 6) is -1.60. The van der Waals surface area contributed by atoms with Crippen LogP contribution in [0, 0.1) is 5.92 Å². The van der Waals surface area contributed by atoms with E-state index in [-0.39, 0.29) is 5.56 Å². The molecule has 0 N–H and O–H groups in total. The molecule has 1 aliphatic heterocycles. The summed E-state index contributed by atoms with van der Waals surface area (Å²) in [5, 5.41) is 0. The lowest BCUT2D eigenvalue weighted by Gasteiger charge is -2.32. The highest BCUT2D eigenvalue weighted by Gasteiger charge is 2.32. The molecule has 0 bridgehead atoms. The Balaban J connectivity index is 1.80. The van der Waals surface area contributed by atoms with Crippen LogP contribution in [0.25, 0.3) is 0 Å². The van der Waals surface area contributed by atoms with Crippen LogP contribution in [0.2, 0.25) is 0 Å². The molecule has 29 heavy (non-hydrogen) atoms. The molecule has 9 heteroatoms. The van der Waals surface area contributed by atoms with Crippen molar-refractivity contribution in [1.29, 1.82) is 0 Å². The van der Waals surface area contributed by atoms with Gasteiger partial charge in [0.05, 0.1) is 11.5 Å². The van der Waals surface area contributed by atoms with Gasteiger partial charge in [0.2, 0.25) is 0 Å². The number of esters is 1. The number of ether oxygens (including phenoxy) is 2. The minimum Gasteiger partial charge on any atom is -0.457 e. The minimum atomic E-state index is -4.48. The van der Waals surface area contributed by atoms with E-state index >= 15 is 0 Å². The number of Topliss-reactive ketones (excluding diaryl/α,β-unsaturated/α-hetero) is 1. The van der Waals surface area contributed by atoms with E-state index in [4.69, 9.17) is 9.47 Å². The monoisotopic (exact) mass is 415 g/mol. The second-order valence-electron chi connectivity index (χ2n) is 7.85. The molecule has 1 fully saturated rings. The Kier molecular flexibility index (Phi) is 6.92. The van der Waals surface area contributed by atoms with E-state index in [9.17, 15) is 27.6 Å². The number of carbonyl (C=O) groups excluding carboxylic acids is 3. The van der Waals surface area contributed by atoms with Gasteiger partial charge >= 0.3 is 18.2 Å². The van der Waals surface area contributed by atoms with E-state index in [1.54, 1.807) is 20.8 Å². The zero-order valence-corrected chi connectivity index (χ0v) is 16.5. The highest BCUT2D eigenvalue weighted by atomic mass is 19.4. The molecule has 0 atom stereocenters. The number of amides is 1. The number of alkyl halides is 3. The largest absolute Gasteiger partial charge is 0.457 e. The molecule has 0 aliphatic carbocycles. The number of benzene rings is 1. The van der Waals surface area contributed by atoms with Gasteiger partial charge in [0.15, 0.2) is 12.4 Å². The fourth-order valence-electron chi connectivity index (χ4n) is 2.81. The molecule has 0 unspecified atom stereocenters. The Hall–Kier alpha value is -2.58. The molecule has 1 heterocycles. The van der Waals surface area contributed by atoms with Gasteiger partial charge in [-0.05, 0) is 45.7 Å². The minimum absolute atomic E-state index is 0.0329. The van der Waals surface area contributed by atoms with Crippen LogP contribution in [0.1, 0.15) is 49.5 Å². The lowest BCUT2D eigenvalue weighted by atomic mass is 9.97. The Labute approximate surface area is 167 Å². The summed E-state index contributed by atoms with van der Waals surface area (Å²) >= 11 is 0. The van der Waals surface area contributed by atoms with E-state index in [1.165, 1.54) is 4.90 Å². The summed E-state index contributed by atoms with van der Waals surface area (Å²) in [5.41, 5.74) is -1.43. The second-order valence-corrected chi connectivity index (χ2v) is 7.85. The summed E-state index contributed by atoms with van der Waals surface area (Å²) in [7, 11) is 0. The summed E-state index contributed by atoms with van der Waals surface area (Å²) < 4.78 is 48.0. The second kappa shape index (κ2) is 8.84. The van der Waals surface area contributed by atoms with Gasteiger partial charge in [0, 0.05) is 18.7 Å². The number of hydrogen-bond acceptors (Lipinski definition) is 5. The molecule has 0 saturated carbocycles. The molecule has 160 valence electrons. The third-order valence-electron chi connectivity index (χ3n) is 4.36. The van der Waals surface area contributed by atoms with Crippen molar-refractivity contribution in [2.45, 2.75) is 45.4 Å². The SMILES string of the molecule is CC(C)(C)OC(=O)N1CCC(C(=O)OCC(=O)c2ccc(C(F)(F)F)cc2)CC1. The van der Waals surface area contributed by atoms with Gasteiger partial charge in [-0.2, -0.15) is 13.2 Å². The van der Waals surface area contributed by atoms with Crippen molar-refractivity contribution in [3.63, 3.8) is 0 Å². The Bertz CT molecular complexity index is 745. The lowest BCUT2D eigenvalue weighted by molar-refractivity contribution is -0.149. The van der Waals surface area contributed by atoms with Crippen LogP contribution in [-0.2, 0) is 20.4 Å². The molecule has 2 rings (SSSR count). The molecule has 1 aromatic carbocycles. The molecule has 1 amide bonds. The quantitative estimate of drug-likeness (QED) is 0.547. The van der Waals surface area contributed by atoms with Crippen molar-refractivity contribution >= 4 is 17.8 Å². The first-order chi connectivity index (χ1) is 13.4. The molecule has 0 radical (unpaired) electrons. The molecular formula is C20H24F3NO5. The predicted molar refractivity (Wildman–Crippen MR) is 97.3 cm³/mol. The number of ketones is 1. The van der Waals surface area contributed by atoms with Crippen LogP contribution in [0.15, 0.2) is 24.3 Å². The zero-order chi connectivity index (χ0) is 21.8. The average molecular weight is 415 g/mol. The number of carbonyl (C=O) groups is 3. The van der Waals surface area contributed by atoms with Gasteiger partial charge in [-0.3, -0.25) is 9.59 Å². The van der Waals surface area contributed by atoms with Crippen molar-refractivity contribution < 1.29 is 37.0 Å². The van der Waals surface area contributed by atoms with Crippen LogP contribution < -0.4 is 0 Å².